The van der Waals surface area contributed by atoms with E-state index in [9.17, 15) is 14.3 Å². The van der Waals surface area contributed by atoms with Gasteiger partial charge in [0.15, 0.2) is 17.3 Å². The van der Waals surface area contributed by atoms with Crippen molar-refractivity contribution in [1.29, 1.82) is 0 Å². The molecule has 4 aromatic rings. The van der Waals surface area contributed by atoms with E-state index in [0.29, 0.717) is 22.7 Å². The van der Waals surface area contributed by atoms with Gasteiger partial charge < -0.3 is 20.7 Å². The van der Waals surface area contributed by atoms with E-state index >= 15 is 0 Å². The van der Waals surface area contributed by atoms with Crippen molar-refractivity contribution in [3.05, 3.63) is 48.1 Å². The van der Waals surface area contributed by atoms with Crippen LogP contribution in [0.3, 0.4) is 0 Å². The van der Waals surface area contributed by atoms with Crippen molar-refractivity contribution < 1.29 is 14.3 Å². The van der Waals surface area contributed by atoms with Crippen molar-refractivity contribution in [2.75, 3.05) is 10.6 Å². The maximum atomic E-state index is 13.8. The van der Waals surface area contributed by atoms with E-state index in [0.717, 1.165) is 11.8 Å². The van der Waals surface area contributed by atoms with Gasteiger partial charge in [0.25, 0.3) is 5.91 Å². The Balaban J connectivity index is 1.65. The predicted octanol–water partition coefficient (Wildman–Crippen LogP) is 1.47. The first-order valence-corrected chi connectivity index (χ1v) is 9.55. The summed E-state index contributed by atoms with van der Waals surface area (Å²) in [4.78, 5) is 32.3. The smallest absolute Gasteiger partial charge is 0.279 e. The Bertz CT molecular complexity index is 1310. The first-order valence-electron chi connectivity index (χ1n) is 9.55. The summed E-state index contributed by atoms with van der Waals surface area (Å²) in [6.45, 7) is 3.97. The first kappa shape index (κ1) is 19.1. The third-order valence-corrected chi connectivity index (χ3v) is 5.06. The van der Waals surface area contributed by atoms with Crippen molar-refractivity contribution in [3.8, 4) is 11.4 Å². The number of aliphatic hydroxyl groups is 1. The number of nitrogens with one attached hydrogen (secondary N) is 3. The van der Waals surface area contributed by atoms with Crippen LogP contribution in [0.25, 0.3) is 17.0 Å². The molecule has 0 spiro atoms. The van der Waals surface area contributed by atoms with Gasteiger partial charge in [-0.25, -0.2) is 14.4 Å². The van der Waals surface area contributed by atoms with Crippen molar-refractivity contribution in [1.82, 2.24) is 34.5 Å². The second-order valence-electron chi connectivity index (χ2n) is 7.60. The van der Waals surface area contributed by atoms with Gasteiger partial charge in [-0.05, 0) is 12.0 Å². The highest BCUT2D eigenvalue weighted by Crippen LogP contribution is 2.29. The fourth-order valence-corrected chi connectivity index (χ4v) is 3.44. The van der Waals surface area contributed by atoms with Gasteiger partial charge in [-0.3, -0.25) is 9.78 Å². The summed E-state index contributed by atoms with van der Waals surface area (Å²) in [7, 11) is 0. The summed E-state index contributed by atoms with van der Waals surface area (Å²) in [6, 6.07) is 1.26. The number of aromatic amines is 1. The number of nitrogens with zero attached hydrogens (tertiary/aromatic N) is 6. The number of rotatable bonds is 4. The van der Waals surface area contributed by atoms with Crippen LogP contribution in [-0.4, -0.2) is 51.3 Å². The van der Waals surface area contributed by atoms with Crippen LogP contribution in [0, 0.1) is 5.82 Å². The number of carbonyl (C=O) groups excluding carboxylic acids is 1. The van der Waals surface area contributed by atoms with E-state index in [1.54, 1.807) is 6.20 Å². The number of imidazole rings is 1. The minimum Gasteiger partial charge on any atom is -0.363 e. The van der Waals surface area contributed by atoms with Crippen LogP contribution < -0.4 is 10.6 Å². The van der Waals surface area contributed by atoms with Crippen molar-refractivity contribution >= 4 is 23.3 Å². The van der Waals surface area contributed by atoms with Crippen LogP contribution in [0.1, 0.15) is 31.0 Å². The lowest BCUT2D eigenvalue weighted by molar-refractivity contribution is -0.132. The Morgan fingerprint density at radius 2 is 2.13 bits per heavy atom. The van der Waals surface area contributed by atoms with Crippen LogP contribution in [0.4, 0.5) is 16.2 Å². The maximum Gasteiger partial charge on any atom is 0.279 e. The van der Waals surface area contributed by atoms with Gasteiger partial charge in [-0.1, -0.05) is 13.8 Å². The molecule has 1 atom stereocenters. The molecule has 12 heteroatoms. The van der Waals surface area contributed by atoms with Crippen LogP contribution in [0.15, 0.2) is 31.0 Å². The molecule has 0 saturated carbocycles. The van der Waals surface area contributed by atoms with E-state index in [-0.39, 0.29) is 24.1 Å². The van der Waals surface area contributed by atoms with E-state index < -0.39 is 17.4 Å². The van der Waals surface area contributed by atoms with E-state index in [2.05, 4.69) is 40.7 Å². The summed E-state index contributed by atoms with van der Waals surface area (Å²) >= 11 is 0. The zero-order valence-corrected chi connectivity index (χ0v) is 16.6. The summed E-state index contributed by atoms with van der Waals surface area (Å²) in [5, 5.41) is 20.8. The molecule has 4 N–H and O–H groups in total. The molecule has 0 saturated heterocycles. The number of hydrogen-bond acceptors (Lipinski definition) is 8. The van der Waals surface area contributed by atoms with Crippen molar-refractivity contribution in [3.63, 3.8) is 0 Å². The van der Waals surface area contributed by atoms with Gasteiger partial charge in [-0.2, -0.15) is 14.6 Å². The number of hydrogen-bond donors (Lipinski definition) is 4. The highest BCUT2D eigenvalue weighted by molar-refractivity contribution is 6.00. The molecule has 5 heterocycles. The Morgan fingerprint density at radius 1 is 1.29 bits per heavy atom. The molecule has 0 aliphatic carbocycles. The predicted molar refractivity (Wildman–Crippen MR) is 108 cm³/mol. The van der Waals surface area contributed by atoms with Gasteiger partial charge in [0.2, 0.25) is 11.7 Å². The Labute approximate surface area is 174 Å². The Kier molecular flexibility index (Phi) is 4.18. The normalized spacial score (nSPS) is 18.3. The molecular formula is C19H18FN9O2. The fraction of sp³-hybridized carbons (Fsp3) is 0.263. The molecule has 5 rings (SSSR count). The van der Waals surface area contributed by atoms with Crippen LogP contribution in [0.5, 0.6) is 0 Å². The van der Waals surface area contributed by atoms with E-state index in [1.165, 1.54) is 23.1 Å². The third kappa shape index (κ3) is 3.17. The first-order chi connectivity index (χ1) is 14.8. The Morgan fingerprint density at radius 3 is 2.90 bits per heavy atom. The summed E-state index contributed by atoms with van der Waals surface area (Å²) < 4.78 is 15.2. The molecule has 4 aromatic heterocycles. The number of carbonyl (C=O) groups is 1. The fourth-order valence-electron chi connectivity index (χ4n) is 3.44. The molecular weight excluding hydrogens is 405 g/mol. The summed E-state index contributed by atoms with van der Waals surface area (Å²) in [5.41, 5.74) is 0.165. The van der Waals surface area contributed by atoms with Crippen LogP contribution >= 0.6 is 0 Å². The monoisotopic (exact) mass is 423 g/mol. The molecule has 0 unspecified atom stereocenters. The minimum absolute atomic E-state index is 0.0665. The Hall–Kier alpha value is -3.93. The molecule has 158 valence electrons. The lowest BCUT2D eigenvalue weighted by Gasteiger charge is -2.31. The molecule has 1 amide bonds. The molecule has 0 bridgehead atoms. The topological polar surface area (TPSA) is 146 Å². The minimum atomic E-state index is -2.03. The quantitative estimate of drug-likeness (QED) is 0.361. The lowest BCUT2D eigenvalue weighted by Crippen LogP contribution is -2.54. The molecule has 31 heavy (non-hydrogen) atoms. The van der Waals surface area contributed by atoms with Gasteiger partial charge in [0, 0.05) is 23.7 Å². The average molecular weight is 423 g/mol. The highest BCUT2D eigenvalue weighted by atomic mass is 19.1. The highest BCUT2D eigenvalue weighted by Gasteiger charge is 2.43. The number of amides is 1. The summed E-state index contributed by atoms with van der Waals surface area (Å²) in [5.74, 6) is -0.540. The molecule has 0 fully saturated rings. The number of anilines is 2. The van der Waals surface area contributed by atoms with Crippen molar-refractivity contribution in [2.45, 2.75) is 31.9 Å². The van der Waals surface area contributed by atoms with Gasteiger partial charge in [0.05, 0.1) is 24.4 Å². The second kappa shape index (κ2) is 6.80. The molecule has 11 nitrogen and oxygen atoms in total. The number of H-pyrrole nitrogens is 1. The largest absolute Gasteiger partial charge is 0.363 e. The van der Waals surface area contributed by atoms with E-state index in [4.69, 9.17) is 0 Å². The molecule has 1 aliphatic heterocycles. The van der Waals surface area contributed by atoms with Crippen LogP contribution in [0.2, 0.25) is 0 Å². The number of halogens is 1. The van der Waals surface area contributed by atoms with Crippen LogP contribution in [-0.2, 0) is 11.2 Å². The molecule has 0 aromatic carbocycles. The van der Waals surface area contributed by atoms with Gasteiger partial charge >= 0.3 is 0 Å². The second-order valence-corrected chi connectivity index (χ2v) is 7.60. The zero-order valence-electron chi connectivity index (χ0n) is 16.6. The standard InChI is InChI=1S/C19H18FN9O2/c1-9(2)12-7-24-29-16(12)25-14(10-3-11(20)6-21-5-10)27-18(29)28-19(31)4-13-15(23-8-22-13)26-17(19)30/h3,5-9,31H,4H2,1-2H3,(H,22,23)(H,26,30)(H,25,27,28)/t19-/m1/s1. The third-order valence-electron chi connectivity index (χ3n) is 5.06. The number of pyridine rings is 1. The number of aromatic nitrogens is 7. The molecule has 1 aliphatic rings. The number of fused-ring (bicyclic) bond motifs is 2. The maximum absolute atomic E-state index is 13.8. The average Bonchev–Trinajstić information content (AvgIpc) is 3.35. The van der Waals surface area contributed by atoms with Gasteiger partial charge in [-0.15, -0.1) is 0 Å². The lowest BCUT2D eigenvalue weighted by atomic mass is 10.0. The van der Waals surface area contributed by atoms with Crippen molar-refractivity contribution in [2.24, 2.45) is 0 Å². The summed E-state index contributed by atoms with van der Waals surface area (Å²) in [6.07, 6.45) is 5.51. The van der Waals surface area contributed by atoms with E-state index in [1.807, 2.05) is 13.8 Å². The molecule has 0 radical (unpaired) electrons. The SMILES string of the molecule is CC(C)c1cnn2c(N[C@@]3(O)Cc4[nH]cnc4NC3=O)nc(-c3cncc(F)c3)nc12. The zero-order chi connectivity index (χ0) is 21.8. The van der Waals surface area contributed by atoms with Gasteiger partial charge in [0.1, 0.15) is 5.82 Å².